The van der Waals surface area contributed by atoms with Crippen LogP contribution in [-0.2, 0) is 6.42 Å². The van der Waals surface area contributed by atoms with Crippen LogP contribution in [0.4, 0.5) is 11.6 Å². The molecular weight excluding hydrogens is 334 g/mol. The van der Waals surface area contributed by atoms with E-state index in [9.17, 15) is 0 Å². The lowest BCUT2D eigenvalue weighted by Crippen LogP contribution is -2.00. The second kappa shape index (κ2) is 6.29. The van der Waals surface area contributed by atoms with Crippen LogP contribution < -0.4 is 5.32 Å². The maximum Gasteiger partial charge on any atom is 0.228 e. The van der Waals surface area contributed by atoms with Crippen LogP contribution in [0.2, 0.25) is 0 Å². The van der Waals surface area contributed by atoms with Gasteiger partial charge in [0.25, 0.3) is 0 Å². The molecule has 5 heteroatoms. The lowest BCUT2D eigenvalue weighted by atomic mass is 10.0. The van der Waals surface area contributed by atoms with Crippen molar-refractivity contribution < 1.29 is 0 Å². The van der Waals surface area contributed by atoms with Gasteiger partial charge in [-0.2, -0.15) is 0 Å². The normalized spacial score (nSPS) is 12.3. The number of allylic oxidation sites excluding steroid dienone is 1. The molecule has 0 spiro atoms. The number of aromatic nitrogens is 4. The zero-order valence-corrected chi connectivity index (χ0v) is 14.8. The van der Waals surface area contributed by atoms with Crippen molar-refractivity contribution in [3.8, 4) is 11.1 Å². The monoisotopic (exact) mass is 351 g/mol. The quantitative estimate of drug-likeness (QED) is 0.579. The van der Waals surface area contributed by atoms with Crippen LogP contribution in [-0.4, -0.2) is 19.9 Å². The average molecular weight is 351 g/mol. The van der Waals surface area contributed by atoms with Crippen LogP contribution in [0.1, 0.15) is 17.0 Å². The van der Waals surface area contributed by atoms with Crippen molar-refractivity contribution >= 4 is 28.6 Å². The number of hydrogen-bond donors (Lipinski definition) is 1. The number of aryl methyl sites for hydroxylation is 1. The molecule has 0 saturated carbocycles. The van der Waals surface area contributed by atoms with E-state index in [1.54, 1.807) is 12.4 Å². The summed E-state index contributed by atoms with van der Waals surface area (Å²) in [6, 6.07) is 12.3. The van der Waals surface area contributed by atoms with Gasteiger partial charge in [0.2, 0.25) is 5.95 Å². The Labute approximate surface area is 156 Å². The van der Waals surface area contributed by atoms with Crippen LogP contribution in [0, 0.1) is 6.92 Å². The van der Waals surface area contributed by atoms with Crippen LogP contribution in [0.25, 0.3) is 28.1 Å². The van der Waals surface area contributed by atoms with E-state index in [2.05, 4.69) is 55.6 Å². The van der Waals surface area contributed by atoms with Gasteiger partial charge in [0.15, 0.2) is 0 Å². The van der Waals surface area contributed by atoms with Crippen LogP contribution in [0.5, 0.6) is 0 Å². The van der Waals surface area contributed by atoms with Gasteiger partial charge in [0.05, 0.1) is 28.8 Å². The summed E-state index contributed by atoms with van der Waals surface area (Å²) < 4.78 is 0. The highest BCUT2D eigenvalue weighted by Crippen LogP contribution is 2.28. The summed E-state index contributed by atoms with van der Waals surface area (Å²) in [5, 5.41) is 4.25. The largest absolute Gasteiger partial charge is 0.323 e. The molecule has 0 unspecified atom stereocenters. The molecule has 0 bridgehead atoms. The molecule has 0 saturated heterocycles. The molecule has 3 heterocycles. The Balaban J connectivity index is 1.53. The van der Waals surface area contributed by atoms with Gasteiger partial charge in [-0.3, -0.25) is 9.97 Å². The van der Waals surface area contributed by atoms with E-state index in [4.69, 9.17) is 0 Å². The Morgan fingerprint density at radius 3 is 2.85 bits per heavy atom. The number of nitrogens with zero attached hydrogens (tertiary/aromatic N) is 4. The third-order valence-electron chi connectivity index (χ3n) is 4.75. The van der Waals surface area contributed by atoms with Gasteiger partial charge in [-0.05, 0) is 48.4 Å². The number of benzene rings is 1. The number of rotatable bonds is 3. The van der Waals surface area contributed by atoms with Gasteiger partial charge in [-0.1, -0.05) is 18.2 Å². The van der Waals surface area contributed by atoms with Crippen LogP contribution in [0.15, 0.2) is 61.1 Å². The lowest BCUT2D eigenvalue weighted by Gasteiger charge is -2.10. The Hall–Kier alpha value is -3.60. The molecule has 1 aromatic carbocycles. The summed E-state index contributed by atoms with van der Waals surface area (Å²) >= 11 is 0. The van der Waals surface area contributed by atoms with Gasteiger partial charge in [-0.15, -0.1) is 0 Å². The van der Waals surface area contributed by atoms with Crippen LogP contribution in [0.3, 0.4) is 0 Å². The zero-order valence-electron chi connectivity index (χ0n) is 14.8. The summed E-state index contributed by atoms with van der Waals surface area (Å²) in [4.78, 5) is 18.0. The van der Waals surface area contributed by atoms with E-state index in [-0.39, 0.29) is 0 Å². The van der Waals surface area contributed by atoms with Gasteiger partial charge in [0, 0.05) is 29.8 Å². The average Bonchev–Trinajstić information content (AvgIpc) is 3.16. The Morgan fingerprint density at radius 1 is 1.00 bits per heavy atom. The number of hydrogen-bond acceptors (Lipinski definition) is 5. The fourth-order valence-electron chi connectivity index (χ4n) is 3.36. The Morgan fingerprint density at radius 2 is 1.96 bits per heavy atom. The fraction of sp³-hybridized carbons (Fsp3) is 0.0909. The highest BCUT2D eigenvalue weighted by Gasteiger charge is 2.11. The minimum Gasteiger partial charge on any atom is -0.323 e. The molecule has 1 N–H and O–H groups in total. The van der Waals surface area contributed by atoms with Crippen molar-refractivity contribution in [3.63, 3.8) is 0 Å². The second-order valence-electron chi connectivity index (χ2n) is 6.60. The first-order valence-corrected chi connectivity index (χ1v) is 8.87. The molecule has 0 radical (unpaired) electrons. The van der Waals surface area contributed by atoms with Crippen molar-refractivity contribution in [2.24, 2.45) is 0 Å². The first-order valence-electron chi connectivity index (χ1n) is 8.87. The van der Waals surface area contributed by atoms with E-state index < -0.39 is 0 Å². The first-order chi connectivity index (χ1) is 13.3. The lowest BCUT2D eigenvalue weighted by molar-refractivity contribution is 1.13. The summed E-state index contributed by atoms with van der Waals surface area (Å²) in [7, 11) is 0. The molecule has 4 aromatic rings. The van der Waals surface area contributed by atoms with E-state index in [0.717, 1.165) is 45.5 Å². The minimum absolute atomic E-state index is 0.574. The predicted octanol–water partition coefficient (Wildman–Crippen LogP) is 4.71. The van der Waals surface area contributed by atoms with Crippen molar-refractivity contribution in [1.82, 2.24) is 19.9 Å². The predicted molar refractivity (Wildman–Crippen MR) is 108 cm³/mol. The SMILES string of the molecule is Cc1nc(Nc2cccnc2)nc2ccc(-c3cnc4c(c3)C=CC4)cc12. The molecule has 5 nitrogen and oxygen atoms in total. The van der Waals surface area contributed by atoms with Crippen molar-refractivity contribution in [3.05, 3.63) is 78.0 Å². The summed E-state index contributed by atoms with van der Waals surface area (Å²) in [5.74, 6) is 0.574. The molecule has 0 aliphatic heterocycles. The highest BCUT2D eigenvalue weighted by atomic mass is 15.1. The number of nitrogens with one attached hydrogen (secondary N) is 1. The first kappa shape index (κ1) is 15.6. The maximum atomic E-state index is 4.65. The number of anilines is 2. The molecule has 0 fully saturated rings. The molecule has 1 aliphatic rings. The van der Waals surface area contributed by atoms with Crippen molar-refractivity contribution in [1.29, 1.82) is 0 Å². The van der Waals surface area contributed by atoms with Gasteiger partial charge < -0.3 is 5.32 Å². The van der Waals surface area contributed by atoms with E-state index >= 15 is 0 Å². The number of fused-ring (bicyclic) bond motifs is 2. The smallest absolute Gasteiger partial charge is 0.228 e. The standard InChI is InChI=1S/C22H17N5/c1-14-19-11-15(17-10-16-4-2-6-20(16)24-12-17)7-8-21(19)27-22(25-14)26-18-5-3-9-23-13-18/h2-5,7-13H,6H2,1H3,(H,25,26,27). The van der Waals surface area contributed by atoms with E-state index in [1.165, 1.54) is 5.56 Å². The Kier molecular flexibility index (Phi) is 3.64. The molecule has 0 atom stereocenters. The maximum absolute atomic E-state index is 4.65. The third kappa shape index (κ3) is 2.93. The topological polar surface area (TPSA) is 63.6 Å². The molecular formula is C22H17N5. The highest BCUT2D eigenvalue weighted by molar-refractivity contribution is 5.87. The second-order valence-corrected chi connectivity index (χ2v) is 6.60. The summed E-state index contributed by atoms with van der Waals surface area (Å²) in [6.07, 6.45) is 10.6. The van der Waals surface area contributed by atoms with E-state index in [1.807, 2.05) is 31.3 Å². The van der Waals surface area contributed by atoms with Crippen molar-refractivity contribution in [2.75, 3.05) is 5.32 Å². The Bertz CT molecular complexity index is 1180. The molecule has 0 amide bonds. The van der Waals surface area contributed by atoms with Crippen molar-refractivity contribution in [2.45, 2.75) is 13.3 Å². The molecule has 3 aromatic heterocycles. The minimum atomic E-state index is 0.574. The number of pyridine rings is 2. The van der Waals surface area contributed by atoms with Crippen LogP contribution >= 0.6 is 0 Å². The fourth-order valence-corrected chi connectivity index (χ4v) is 3.36. The zero-order chi connectivity index (χ0) is 18.2. The third-order valence-corrected chi connectivity index (χ3v) is 4.75. The van der Waals surface area contributed by atoms with Gasteiger partial charge in [-0.25, -0.2) is 9.97 Å². The van der Waals surface area contributed by atoms with Gasteiger partial charge in [0.1, 0.15) is 0 Å². The molecule has 5 rings (SSSR count). The summed E-state index contributed by atoms with van der Waals surface area (Å²) in [6.45, 7) is 2.01. The molecule has 27 heavy (non-hydrogen) atoms. The molecule has 130 valence electrons. The molecule has 1 aliphatic carbocycles. The van der Waals surface area contributed by atoms with E-state index in [0.29, 0.717) is 5.95 Å². The van der Waals surface area contributed by atoms with Gasteiger partial charge >= 0.3 is 0 Å². The summed E-state index contributed by atoms with van der Waals surface area (Å²) in [5.41, 5.74) is 7.29.